The minimum Gasteiger partial charge on any atom is -0.395 e. The molecule has 3 aromatic carbocycles. The molecule has 4 rings (SSSR count). The van der Waals surface area contributed by atoms with Gasteiger partial charge < -0.3 is 19.8 Å². The van der Waals surface area contributed by atoms with Crippen molar-refractivity contribution >= 4 is 53.5 Å². The zero-order valence-corrected chi connectivity index (χ0v) is 25.7. The van der Waals surface area contributed by atoms with Crippen LogP contribution in [0.1, 0.15) is 56.4 Å². The third-order valence-electron chi connectivity index (χ3n) is 6.75. The number of aliphatic hydroxyl groups is 1. The molecule has 1 aliphatic rings. The second-order valence-electron chi connectivity index (χ2n) is 9.51. The van der Waals surface area contributed by atoms with E-state index in [-0.39, 0.29) is 25.0 Å². The first-order valence-corrected chi connectivity index (χ1v) is 15.6. The SMILES string of the molecule is COP(=O)(NCCO)OC1CCCN(C(=O)c2ccc(NC(=O)c3ccccc3C)cc2C)c2ccc(I)cc21. The third kappa shape index (κ3) is 6.99. The first kappa shape index (κ1) is 30.4. The van der Waals surface area contributed by atoms with Crippen molar-refractivity contribution in [2.75, 3.05) is 37.0 Å². The molecular formula is C29H33IN3O6P. The zero-order valence-electron chi connectivity index (χ0n) is 22.6. The van der Waals surface area contributed by atoms with E-state index >= 15 is 0 Å². The topological polar surface area (TPSA) is 117 Å². The van der Waals surface area contributed by atoms with Crippen molar-refractivity contribution in [2.45, 2.75) is 32.8 Å². The van der Waals surface area contributed by atoms with E-state index in [9.17, 15) is 14.2 Å². The lowest BCUT2D eigenvalue weighted by atomic mass is 10.0. The molecule has 11 heteroatoms. The maximum atomic E-state index is 13.9. The van der Waals surface area contributed by atoms with Crippen LogP contribution in [0.15, 0.2) is 60.7 Å². The molecule has 0 saturated heterocycles. The van der Waals surface area contributed by atoms with Crippen molar-refractivity contribution in [1.82, 2.24) is 5.09 Å². The van der Waals surface area contributed by atoms with Crippen LogP contribution < -0.4 is 15.3 Å². The summed E-state index contributed by atoms with van der Waals surface area (Å²) in [6.45, 7) is 4.02. The van der Waals surface area contributed by atoms with Gasteiger partial charge in [0, 0.05) is 51.8 Å². The number of fused-ring (bicyclic) bond motifs is 1. The summed E-state index contributed by atoms with van der Waals surface area (Å²) >= 11 is 2.20. The number of carbonyl (C=O) groups is 2. The smallest absolute Gasteiger partial charge is 0.395 e. The average molecular weight is 677 g/mol. The Kier molecular flexibility index (Phi) is 10.2. The molecule has 0 spiro atoms. The fraction of sp³-hybridized carbons (Fsp3) is 0.310. The van der Waals surface area contributed by atoms with E-state index in [1.807, 2.05) is 50.2 Å². The number of benzene rings is 3. The monoisotopic (exact) mass is 677 g/mol. The number of halogens is 1. The largest absolute Gasteiger partial charge is 0.405 e. The Balaban J connectivity index is 1.60. The van der Waals surface area contributed by atoms with Crippen LogP contribution >= 0.6 is 30.3 Å². The van der Waals surface area contributed by atoms with Gasteiger partial charge in [-0.15, -0.1) is 0 Å². The second kappa shape index (κ2) is 13.4. The molecule has 2 amide bonds. The average Bonchev–Trinajstić information content (AvgIpc) is 3.10. The molecule has 1 heterocycles. The van der Waals surface area contributed by atoms with Gasteiger partial charge in [-0.1, -0.05) is 18.2 Å². The first-order chi connectivity index (χ1) is 19.2. The van der Waals surface area contributed by atoms with Crippen LogP contribution in [0.25, 0.3) is 0 Å². The maximum absolute atomic E-state index is 13.9. The summed E-state index contributed by atoms with van der Waals surface area (Å²) in [6, 6.07) is 18.3. The summed E-state index contributed by atoms with van der Waals surface area (Å²) in [5, 5.41) is 14.7. The summed E-state index contributed by atoms with van der Waals surface area (Å²) in [7, 11) is -2.38. The Morgan fingerprint density at radius 1 is 1.07 bits per heavy atom. The normalized spacial score (nSPS) is 16.5. The molecule has 3 aromatic rings. The molecule has 3 N–H and O–H groups in total. The van der Waals surface area contributed by atoms with E-state index in [4.69, 9.17) is 14.2 Å². The highest BCUT2D eigenvalue weighted by atomic mass is 127. The van der Waals surface area contributed by atoms with E-state index in [0.717, 1.165) is 20.3 Å². The number of nitrogens with zero attached hydrogens (tertiary/aromatic N) is 1. The van der Waals surface area contributed by atoms with Gasteiger partial charge in [0.25, 0.3) is 11.8 Å². The third-order valence-corrected chi connectivity index (χ3v) is 9.04. The molecule has 0 fully saturated rings. The number of aliphatic hydroxyl groups excluding tert-OH is 1. The summed E-state index contributed by atoms with van der Waals surface area (Å²) in [5.74, 6) is -0.383. The van der Waals surface area contributed by atoms with E-state index in [1.54, 1.807) is 29.2 Å². The van der Waals surface area contributed by atoms with Crippen molar-refractivity contribution in [3.05, 3.63) is 92.1 Å². The summed E-state index contributed by atoms with van der Waals surface area (Å²) in [4.78, 5) is 28.4. The van der Waals surface area contributed by atoms with Gasteiger partial charge >= 0.3 is 7.75 Å². The van der Waals surface area contributed by atoms with Gasteiger partial charge in [-0.3, -0.25) is 14.1 Å². The fourth-order valence-corrected chi connectivity index (χ4v) is 6.45. The highest BCUT2D eigenvalue weighted by Crippen LogP contribution is 2.50. The van der Waals surface area contributed by atoms with Crippen molar-refractivity contribution < 1.29 is 28.3 Å². The van der Waals surface area contributed by atoms with Crippen LogP contribution in [-0.2, 0) is 13.6 Å². The molecule has 40 heavy (non-hydrogen) atoms. The lowest BCUT2D eigenvalue weighted by Crippen LogP contribution is -2.32. The molecule has 0 saturated carbocycles. The van der Waals surface area contributed by atoms with E-state index < -0.39 is 13.9 Å². The van der Waals surface area contributed by atoms with Crippen LogP contribution in [-0.4, -0.2) is 43.7 Å². The van der Waals surface area contributed by atoms with Crippen molar-refractivity contribution in [3.8, 4) is 0 Å². The molecule has 0 bridgehead atoms. The van der Waals surface area contributed by atoms with Crippen molar-refractivity contribution in [1.29, 1.82) is 0 Å². The van der Waals surface area contributed by atoms with Gasteiger partial charge in [0.15, 0.2) is 0 Å². The summed E-state index contributed by atoms with van der Waals surface area (Å²) < 4.78 is 25.2. The highest BCUT2D eigenvalue weighted by Gasteiger charge is 2.34. The van der Waals surface area contributed by atoms with Gasteiger partial charge in [-0.25, -0.2) is 9.65 Å². The molecular weight excluding hydrogens is 644 g/mol. The van der Waals surface area contributed by atoms with Crippen molar-refractivity contribution in [3.63, 3.8) is 0 Å². The molecule has 0 aliphatic carbocycles. The Hall–Kier alpha value is -2.60. The number of rotatable bonds is 9. The molecule has 212 valence electrons. The van der Waals surface area contributed by atoms with E-state index in [1.165, 1.54) is 7.11 Å². The van der Waals surface area contributed by atoms with Crippen LogP contribution in [0.2, 0.25) is 0 Å². The van der Waals surface area contributed by atoms with E-state index in [0.29, 0.717) is 41.9 Å². The quantitative estimate of drug-likeness (QED) is 0.188. The minimum absolute atomic E-state index is 0.0578. The summed E-state index contributed by atoms with van der Waals surface area (Å²) in [6.07, 6.45) is 0.544. The lowest BCUT2D eigenvalue weighted by Gasteiger charge is -2.27. The molecule has 1 aliphatic heterocycles. The van der Waals surface area contributed by atoms with Gasteiger partial charge in [0.1, 0.15) is 0 Å². The number of hydrogen-bond acceptors (Lipinski definition) is 6. The van der Waals surface area contributed by atoms with Gasteiger partial charge in [-0.05, 0) is 103 Å². The molecule has 2 unspecified atom stereocenters. The number of amides is 2. The van der Waals surface area contributed by atoms with Gasteiger partial charge in [0.2, 0.25) is 0 Å². The molecule has 9 nitrogen and oxygen atoms in total. The zero-order chi connectivity index (χ0) is 28.9. The van der Waals surface area contributed by atoms with Crippen molar-refractivity contribution in [2.24, 2.45) is 0 Å². The minimum atomic E-state index is -3.68. The Morgan fingerprint density at radius 3 is 2.55 bits per heavy atom. The molecule has 0 radical (unpaired) electrons. The Morgan fingerprint density at radius 2 is 1.85 bits per heavy atom. The van der Waals surface area contributed by atoms with Gasteiger partial charge in [0.05, 0.1) is 12.7 Å². The molecule has 2 atom stereocenters. The first-order valence-electron chi connectivity index (χ1n) is 12.9. The fourth-order valence-electron chi connectivity index (χ4n) is 4.71. The Bertz CT molecular complexity index is 1450. The van der Waals surface area contributed by atoms with Gasteiger partial charge in [-0.2, -0.15) is 0 Å². The van der Waals surface area contributed by atoms with Crippen LogP contribution in [0, 0.1) is 17.4 Å². The predicted molar refractivity (Wildman–Crippen MR) is 164 cm³/mol. The van der Waals surface area contributed by atoms with Crippen LogP contribution in [0.5, 0.6) is 0 Å². The second-order valence-corrected chi connectivity index (χ2v) is 12.6. The van der Waals surface area contributed by atoms with Crippen LogP contribution in [0.3, 0.4) is 0 Å². The lowest BCUT2D eigenvalue weighted by molar-refractivity contribution is 0.0984. The number of anilines is 2. The number of hydrogen-bond donors (Lipinski definition) is 3. The van der Waals surface area contributed by atoms with E-state index in [2.05, 4.69) is 33.0 Å². The van der Waals surface area contributed by atoms with Crippen LogP contribution in [0.4, 0.5) is 11.4 Å². The number of nitrogens with one attached hydrogen (secondary N) is 2. The Labute approximate surface area is 248 Å². The highest BCUT2D eigenvalue weighted by molar-refractivity contribution is 14.1. The number of carbonyl (C=O) groups excluding carboxylic acids is 2. The maximum Gasteiger partial charge on any atom is 0.405 e. The predicted octanol–water partition coefficient (Wildman–Crippen LogP) is 6.00. The standard InChI is InChI=1S/C29H33IN3O6P/c1-19-7-4-5-8-23(19)28(35)32-22-11-12-24(20(2)17-22)29(36)33-15-6-9-27(25-18-21(30)10-13-26(25)33)39-40(37,38-3)31-14-16-34/h4-5,7-8,10-13,17-18,27,34H,6,9,14-16H2,1-3H3,(H,31,37)(H,32,35). The number of aryl methyl sites for hydroxylation is 2. The summed E-state index contributed by atoms with van der Waals surface area (Å²) in [5.41, 5.74) is 4.74. The molecule has 0 aromatic heterocycles.